The van der Waals surface area contributed by atoms with Gasteiger partial charge >= 0.3 is 0 Å². The van der Waals surface area contributed by atoms with E-state index in [1.54, 1.807) is 15.9 Å². The highest BCUT2D eigenvalue weighted by atomic mass is 79.9. The summed E-state index contributed by atoms with van der Waals surface area (Å²) >= 11 is 5.07. The number of thiazole rings is 1. The van der Waals surface area contributed by atoms with Crippen molar-refractivity contribution < 1.29 is 0 Å². The van der Waals surface area contributed by atoms with Gasteiger partial charge in [0.2, 0.25) is 5.95 Å². The van der Waals surface area contributed by atoms with Crippen LogP contribution in [0.3, 0.4) is 0 Å². The lowest BCUT2D eigenvalue weighted by molar-refractivity contribution is 0.930. The van der Waals surface area contributed by atoms with Crippen molar-refractivity contribution in [1.29, 1.82) is 0 Å². The lowest BCUT2D eigenvalue weighted by Crippen LogP contribution is -2.06. The van der Waals surface area contributed by atoms with Crippen LogP contribution in [0.15, 0.2) is 34.4 Å². The predicted octanol–water partition coefficient (Wildman–Crippen LogP) is 2.60. The molecule has 0 saturated heterocycles. The van der Waals surface area contributed by atoms with E-state index in [9.17, 15) is 0 Å². The van der Waals surface area contributed by atoms with Gasteiger partial charge < -0.3 is 5.32 Å². The summed E-state index contributed by atoms with van der Waals surface area (Å²) < 4.78 is 2.73. The Labute approximate surface area is 116 Å². The van der Waals surface area contributed by atoms with Crippen LogP contribution in [0.4, 0.5) is 5.95 Å². The third-order valence-electron chi connectivity index (χ3n) is 2.40. The van der Waals surface area contributed by atoms with Gasteiger partial charge in [0.25, 0.3) is 0 Å². The highest BCUT2D eigenvalue weighted by Gasteiger charge is 2.03. The minimum absolute atomic E-state index is 0.643. The van der Waals surface area contributed by atoms with Crippen LogP contribution < -0.4 is 5.32 Å². The smallest absolute Gasteiger partial charge is 0.243 e. The molecule has 3 aromatic rings. The number of hydrogen-bond acceptors (Lipinski definition) is 5. The van der Waals surface area contributed by atoms with Crippen molar-refractivity contribution in [3.05, 3.63) is 39.4 Å². The van der Waals surface area contributed by atoms with Gasteiger partial charge in [-0.3, -0.25) is 0 Å². The van der Waals surface area contributed by atoms with Gasteiger partial charge in [-0.1, -0.05) is 0 Å². The van der Waals surface area contributed by atoms with Gasteiger partial charge in [0.15, 0.2) is 5.65 Å². The molecule has 3 aromatic heterocycles. The molecule has 92 valence electrons. The SMILES string of the molecule is Brc1ccc2nc(NCCc3nccs3)nn2c1. The van der Waals surface area contributed by atoms with E-state index in [4.69, 9.17) is 0 Å². The number of nitrogens with one attached hydrogen (secondary N) is 1. The molecule has 0 spiro atoms. The van der Waals surface area contributed by atoms with Crippen LogP contribution in [0, 0.1) is 0 Å². The van der Waals surface area contributed by atoms with E-state index < -0.39 is 0 Å². The van der Waals surface area contributed by atoms with Crippen LogP contribution in [-0.2, 0) is 6.42 Å². The van der Waals surface area contributed by atoms with E-state index in [1.165, 1.54) is 0 Å². The molecule has 0 fully saturated rings. The maximum Gasteiger partial charge on any atom is 0.243 e. The molecule has 7 heteroatoms. The molecule has 1 N–H and O–H groups in total. The summed E-state index contributed by atoms with van der Waals surface area (Å²) in [5.41, 5.74) is 0.829. The molecule has 0 aromatic carbocycles. The quantitative estimate of drug-likeness (QED) is 0.801. The predicted molar refractivity (Wildman–Crippen MR) is 75.0 cm³/mol. The van der Waals surface area contributed by atoms with E-state index in [0.29, 0.717) is 5.95 Å². The van der Waals surface area contributed by atoms with E-state index in [2.05, 4.69) is 36.3 Å². The number of pyridine rings is 1. The summed E-state index contributed by atoms with van der Waals surface area (Å²) in [7, 11) is 0. The molecule has 0 unspecified atom stereocenters. The van der Waals surface area contributed by atoms with Crippen molar-refractivity contribution in [2.24, 2.45) is 0 Å². The van der Waals surface area contributed by atoms with Crippen molar-refractivity contribution in [2.75, 3.05) is 11.9 Å². The number of rotatable bonds is 4. The second-order valence-electron chi connectivity index (χ2n) is 3.69. The molecule has 3 rings (SSSR count). The number of aromatic nitrogens is 4. The number of fused-ring (bicyclic) bond motifs is 1. The largest absolute Gasteiger partial charge is 0.352 e. The zero-order chi connectivity index (χ0) is 12.4. The number of anilines is 1. The molecule has 0 aliphatic carbocycles. The molecule has 0 saturated carbocycles. The second-order valence-corrected chi connectivity index (χ2v) is 5.58. The summed E-state index contributed by atoms with van der Waals surface area (Å²) in [4.78, 5) is 8.60. The highest BCUT2D eigenvalue weighted by Crippen LogP contribution is 2.12. The van der Waals surface area contributed by atoms with Crippen LogP contribution in [0.1, 0.15) is 5.01 Å². The molecule has 0 radical (unpaired) electrons. The van der Waals surface area contributed by atoms with Gasteiger partial charge in [-0.2, -0.15) is 4.98 Å². The summed E-state index contributed by atoms with van der Waals surface area (Å²) in [5.74, 6) is 0.643. The maximum atomic E-state index is 4.38. The number of nitrogens with zero attached hydrogens (tertiary/aromatic N) is 4. The van der Waals surface area contributed by atoms with Gasteiger partial charge in [0.05, 0.1) is 5.01 Å². The van der Waals surface area contributed by atoms with Crippen molar-refractivity contribution in [1.82, 2.24) is 19.6 Å². The fraction of sp³-hybridized carbons (Fsp3) is 0.182. The molecule has 0 atom stereocenters. The molecular weight excluding hydrogens is 314 g/mol. The summed E-state index contributed by atoms with van der Waals surface area (Å²) in [6.07, 6.45) is 4.59. The first-order chi connectivity index (χ1) is 8.81. The van der Waals surface area contributed by atoms with Crippen LogP contribution in [0.25, 0.3) is 5.65 Å². The average Bonchev–Trinajstić information content (AvgIpc) is 2.97. The number of hydrogen-bond donors (Lipinski definition) is 1. The third-order valence-corrected chi connectivity index (χ3v) is 3.71. The Morgan fingerprint density at radius 1 is 1.39 bits per heavy atom. The maximum absolute atomic E-state index is 4.38. The summed E-state index contributed by atoms with van der Waals surface area (Å²) in [6, 6.07) is 3.87. The van der Waals surface area contributed by atoms with Crippen LogP contribution >= 0.6 is 27.3 Å². The monoisotopic (exact) mass is 323 g/mol. The zero-order valence-corrected chi connectivity index (χ0v) is 11.8. The van der Waals surface area contributed by atoms with Gasteiger partial charge in [-0.25, -0.2) is 9.50 Å². The Bertz CT molecular complexity index is 649. The minimum atomic E-state index is 0.643. The molecular formula is C11H10BrN5S. The van der Waals surface area contributed by atoms with Crippen LogP contribution in [0.5, 0.6) is 0 Å². The standard InChI is InChI=1S/C11H10BrN5S/c12-8-1-2-9-15-11(16-17(9)7-8)14-4-3-10-13-5-6-18-10/h1-2,5-7H,3-4H2,(H,14,16). The van der Waals surface area contributed by atoms with Crippen molar-refractivity contribution in [2.45, 2.75) is 6.42 Å². The van der Waals surface area contributed by atoms with Gasteiger partial charge in [-0.15, -0.1) is 16.4 Å². The normalized spacial score (nSPS) is 10.9. The highest BCUT2D eigenvalue weighted by molar-refractivity contribution is 9.10. The van der Waals surface area contributed by atoms with Crippen molar-refractivity contribution in [3.8, 4) is 0 Å². The van der Waals surface area contributed by atoms with Crippen molar-refractivity contribution >= 4 is 38.9 Å². The molecule has 3 heterocycles. The zero-order valence-electron chi connectivity index (χ0n) is 9.38. The fourth-order valence-corrected chi connectivity index (χ4v) is 2.54. The lowest BCUT2D eigenvalue weighted by atomic mass is 10.4. The first-order valence-corrected chi connectivity index (χ1v) is 7.13. The molecule has 0 bridgehead atoms. The van der Waals surface area contributed by atoms with E-state index in [0.717, 1.165) is 28.1 Å². The minimum Gasteiger partial charge on any atom is -0.352 e. The molecule has 0 aliphatic rings. The Hall–Kier alpha value is -1.47. The molecule has 18 heavy (non-hydrogen) atoms. The first-order valence-electron chi connectivity index (χ1n) is 5.45. The Morgan fingerprint density at radius 3 is 3.17 bits per heavy atom. The van der Waals surface area contributed by atoms with Crippen LogP contribution in [0.2, 0.25) is 0 Å². The average molecular weight is 324 g/mol. The molecule has 0 amide bonds. The second kappa shape index (κ2) is 5.03. The summed E-state index contributed by atoms with van der Waals surface area (Å²) in [5, 5.41) is 10.6. The van der Waals surface area contributed by atoms with Crippen molar-refractivity contribution in [3.63, 3.8) is 0 Å². The van der Waals surface area contributed by atoms with Gasteiger partial charge in [0.1, 0.15) is 0 Å². The topological polar surface area (TPSA) is 55.1 Å². The molecule has 5 nitrogen and oxygen atoms in total. The fourth-order valence-electron chi connectivity index (χ4n) is 1.59. The first kappa shape index (κ1) is 11.6. The van der Waals surface area contributed by atoms with Crippen LogP contribution in [-0.4, -0.2) is 26.1 Å². The Kier molecular flexibility index (Phi) is 3.24. The van der Waals surface area contributed by atoms with E-state index >= 15 is 0 Å². The lowest BCUT2D eigenvalue weighted by Gasteiger charge is -1.97. The third kappa shape index (κ3) is 2.51. The van der Waals surface area contributed by atoms with Gasteiger partial charge in [-0.05, 0) is 28.1 Å². The Morgan fingerprint density at radius 2 is 2.33 bits per heavy atom. The van der Waals surface area contributed by atoms with E-state index in [1.807, 2.05) is 29.9 Å². The molecule has 0 aliphatic heterocycles. The van der Waals surface area contributed by atoms with E-state index in [-0.39, 0.29) is 0 Å². The Balaban J connectivity index is 1.67. The number of halogens is 1. The van der Waals surface area contributed by atoms with Gasteiger partial charge in [0, 0.05) is 35.2 Å². The summed E-state index contributed by atoms with van der Waals surface area (Å²) in [6.45, 7) is 0.783.